The molecule has 1 unspecified atom stereocenters. The lowest BCUT2D eigenvalue weighted by Crippen LogP contribution is -2.34. The predicted molar refractivity (Wildman–Crippen MR) is 103 cm³/mol. The van der Waals surface area contributed by atoms with E-state index in [1.165, 1.54) is 54.4 Å². The summed E-state index contributed by atoms with van der Waals surface area (Å²) in [5.41, 5.74) is 4.01. The van der Waals surface area contributed by atoms with Crippen molar-refractivity contribution in [1.82, 2.24) is 9.88 Å². The number of ether oxygens (including phenoxy) is 1. The number of benzene rings is 2. The smallest absolute Gasteiger partial charge is 0.118 e. The van der Waals surface area contributed by atoms with Crippen LogP contribution in [0.3, 0.4) is 0 Å². The average Bonchev–Trinajstić information content (AvgIpc) is 3.10. The van der Waals surface area contributed by atoms with Crippen LogP contribution in [0, 0.1) is 0 Å². The highest BCUT2D eigenvalue weighted by molar-refractivity contribution is 5.83. The SMILES string of the molecule is COc1ccc(C(Cc2c[nH]c3ccccc23)N2CCCCC2)cc1. The maximum absolute atomic E-state index is 5.34. The van der Waals surface area contributed by atoms with Crippen molar-refractivity contribution >= 4 is 10.9 Å². The first-order valence-corrected chi connectivity index (χ1v) is 9.28. The van der Waals surface area contributed by atoms with Gasteiger partial charge in [-0.3, -0.25) is 4.90 Å². The highest BCUT2D eigenvalue weighted by atomic mass is 16.5. The van der Waals surface area contributed by atoms with Crippen LogP contribution in [0.5, 0.6) is 5.75 Å². The van der Waals surface area contributed by atoms with Gasteiger partial charge < -0.3 is 9.72 Å². The Labute approximate surface area is 149 Å². The zero-order valence-electron chi connectivity index (χ0n) is 14.9. The lowest BCUT2D eigenvalue weighted by Gasteiger charge is -2.35. The minimum Gasteiger partial charge on any atom is -0.497 e. The Morgan fingerprint density at radius 2 is 1.76 bits per heavy atom. The number of piperidine rings is 1. The molecule has 0 spiro atoms. The highest BCUT2D eigenvalue weighted by Crippen LogP contribution is 2.31. The Hall–Kier alpha value is -2.26. The summed E-state index contributed by atoms with van der Waals surface area (Å²) >= 11 is 0. The summed E-state index contributed by atoms with van der Waals surface area (Å²) in [7, 11) is 1.73. The van der Waals surface area contributed by atoms with Gasteiger partial charge in [-0.2, -0.15) is 0 Å². The Kier molecular flexibility index (Phi) is 4.75. The van der Waals surface area contributed by atoms with Gasteiger partial charge in [0.2, 0.25) is 0 Å². The third-order valence-electron chi connectivity index (χ3n) is 5.42. The molecule has 0 bridgehead atoms. The third kappa shape index (κ3) is 3.42. The molecule has 1 N–H and O–H groups in total. The molecule has 1 aliphatic heterocycles. The fourth-order valence-electron chi connectivity index (χ4n) is 4.02. The molecule has 1 saturated heterocycles. The van der Waals surface area contributed by atoms with Crippen LogP contribution in [0.4, 0.5) is 0 Å². The van der Waals surface area contributed by atoms with Crippen molar-refractivity contribution in [2.24, 2.45) is 0 Å². The third-order valence-corrected chi connectivity index (χ3v) is 5.42. The van der Waals surface area contributed by atoms with Crippen molar-refractivity contribution in [2.45, 2.75) is 31.7 Å². The second-order valence-electron chi connectivity index (χ2n) is 6.95. The molecule has 0 amide bonds. The number of hydrogen-bond donors (Lipinski definition) is 1. The van der Waals surface area contributed by atoms with Gasteiger partial charge in [-0.1, -0.05) is 36.8 Å². The minimum atomic E-state index is 0.422. The topological polar surface area (TPSA) is 28.3 Å². The second-order valence-corrected chi connectivity index (χ2v) is 6.95. The molecule has 1 aliphatic rings. The average molecular weight is 334 g/mol. The van der Waals surface area contributed by atoms with E-state index >= 15 is 0 Å². The zero-order chi connectivity index (χ0) is 17.1. The number of para-hydroxylation sites is 1. The van der Waals surface area contributed by atoms with Gasteiger partial charge in [-0.25, -0.2) is 0 Å². The first kappa shape index (κ1) is 16.2. The van der Waals surface area contributed by atoms with Gasteiger partial charge in [0.05, 0.1) is 7.11 Å². The summed E-state index contributed by atoms with van der Waals surface area (Å²) < 4.78 is 5.34. The number of aromatic amines is 1. The Morgan fingerprint density at radius 1 is 1.00 bits per heavy atom. The van der Waals surface area contributed by atoms with Crippen LogP contribution in [0.15, 0.2) is 54.7 Å². The summed E-state index contributed by atoms with van der Waals surface area (Å²) in [5, 5.41) is 1.35. The highest BCUT2D eigenvalue weighted by Gasteiger charge is 2.23. The number of aromatic nitrogens is 1. The molecular weight excluding hydrogens is 308 g/mol. The summed E-state index contributed by atoms with van der Waals surface area (Å²) in [5.74, 6) is 0.924. The molecule has 0 saturated carbocycles. The number of likely N-dealkylation sites (tertiary alicyclic amines) is 1. The Balaban J connectivity index is 1.66. The van der Waals surface area contributed by atoms with E-state index in [0.717, 1.165) is 12.2 Å². The van der Waals surface area contributed by atoms with Crippen molar-refractivity contribution in [1.29, 1.82) is 0 Å². The monoisotopic (exact) mass is 334 g/mol. The molecule has 1 aromatic heterocycles. The molecule has 3 aromatic rings. The van der Waals surface area contributed by atoms with Crippen LogP contribution in [-0.2, 0) is 6.42 Å². The van der Waals surface area contributed by atoms with Crippen LogP contribution < -0.4 is 4.74 Å². The molecule has 0 aliphatic carbocycles. The molecule has 2 heterocycles. The number of nitrogens with one attached hydrogen (secondary N) is 1. The van der Waals surface area contributed by atoms with E-state index in [-0.39, 0.29) is 0 Å². The van der Waals surface area contributed by atoms with Crippen molar-refractivity contribution in [3.63, 3.8) is 0 Å². The first-order chi connectivity index (χ1) is 12.3. The van der Waals surface area contributed by atoms with Gasteiger partial charge in [-0.15, -0.1) is 0 Å². The molecule has 25 heavy (non-hydrogen) atoms. The second kappa shape index (κ2) is 7.32. The van der Waals surface area contributed by atoms with Gasteiger partial charge in [-0.05, 0) is 61.7 Å². The largest absolute Gasteiger partial charge is 0.497 e. The molecular formula is C22H26N2O. The van der Waals surface area contributed by atoms with Crippen LogP contribution >= 0.6 is 0 Å². The van der Waals surface area contributed by atoms with Crippen molar-refractivity contribution < 1.29 is 4.74 Å². The van der Waals surface area contributed by atoms with Gasteiger partial charge in [0.25, 0.3) is 0 Å². The molecule has 4 rings (SSSR count). The van der Waals surface area contributed by atoms with E-state index in [2.05, 4.69) is 64.6 Å². The number of nitrogens with zero attached hydrogens (tertiary/aromatic N) is 1. The van der Waals surface area contributed by atoms with Crippen LogP contribution in [-0.4, -0.2) is 30.1 Å². The molecule has 1 atom stereocenters. The number of hydrogen-bond acceptors (Lipinski definition) is 2. The van der Waals surface area contributed by atoms with E-state index in [1.807, 2.05) is 0 Å². The summed E-state index contributed by atoms with van der Waals surface area (Å²) in [6.07, 6.45) is 7.20. The normalized spacial score (nSPS) is 16.8. The van der Waals surface area contributed by atoms with Crippen LogP contribution in [0.2, 0.25) is 0 Å². The summed E-state index contributed by atoms with van der Waals surface area (Å²) in [6, 6.07) is 17.6. The van der Waals surface area contributed by atoms with Gasteiger partial charge >= 0.3 is 0 Å². The number of fused-ring (bicyclic) bond motifs is 1. The minimum absolute atomic E-state index is 0.422. The standard InChI is InChI=1S/C22H26N2O/c1-25-19-11-9-17(10-12-19)22(24-13-5-2-6-14-24)15-18-16-23-21-8-4-3-7-20(18)21/h3-4,7-12,16,22-23H,2,5-6,13-15H2,1H3. The molecule has 1 fully saturated rings. The maximum atomic E-state index is 5.34. The molecule has 3 nitrogen and oxygen atoms in total. The quantitative estimate of drug-likeness (QED) is 0.715. The molecule has 2 aromatic carbocycles. The van der Waals surface area contributed by atoms with Gasteiger partial charge in [0, 0.05) is 23.1 Å². The van der Waals surface area contributed by atoms with Crippen molar-refractivity contribution in [3.8, 4) is 5.75 Å². The summed E-state index contributed by atoms with van der Waals surface area (Å²) in [6.45, 7) is 2.39. The fourth-order valence-corrected chi connectivity index (χ4v) is 4.02. The molecule has 130 valence electrons. The van der Waals surface area contributed by atoms with Crippen LogP contribution in [0.1, 0.15) is 36.4 Å². The maximum Gasteiger partial charge on any atom is 0.118 e. The number of methoxy groups -OCH3 is 1. The summed E-state index contributed by atoms with van der Waals surface area (Å²) in [4.78, 5) is 6.09. The lowest BCUT2D eigenvalue weighted by molar-refractivity contribution is 0.162. The Morgan fingerprint density at radius 3 is 2.52 bits per heavy atom. The van der Waals surface area contributed by atoms with Crippen molar-refractivity contribution in [3.05, 3.63) is 65.9 Å². The van der Waals surface area contributed by atoms with E-state index in [9.17, 15) is 0 Å². The van der Waals surface area contributed by atoms with E-state index < -0.39 is 0 Å². The van der Waals surface area contributed by atoms with Crippen molar-refractivity contribution in [2.75, 3.05) is 20.2 Å². The van der Waals surface area contributed by atoms with E-state index in [4.69, 9.17) is 4.74 Å². The Bertz CT molecular complexity index is 815. The predicted octanol–water partition coefficient (Wildman–Crippen LogP) is 4.95. The van der Waals surface area contributed by atoms with Gasteiger partial charge in [0.1, 0.15) is 5.75 Å². The molecule has 3 heteroatoms. The fraction of sp³-hybridized carbons (Fsp3) is 0.364. The first-order valence-electron chi connectivity index (χ1n) is 9.28. The van der Waals surface area contributed by atoms with Gasteiger partial charge in [0.15, 0.2) is 0 Å². The zero-order valence-corrected chi connectivity index (χ0v) is 14.9. The van der Waals surface area contributed by atoms with E-state index in [1.54, 1.807) is 7.11 Å². The van der Waals surface area contributed by atoms with E-state index in [0.29, 0.717) is 6.04 Å². The number of rotatable bonds is 5. The lowest BCUT2D eigenvalue weighted by atomic mass is 9.95. The number of H-pyrrole nitrogens is 1. The molecule has 0 radical (unpaired) electrons. The van der Waals surface area contributed by atoms with Crippen LogP contribution in [0.25, 0.3) is 10.9 Å².